The Morgan fingerprint density at radius 3 is 2.54 bits per heavy atom. The van der Waals surface area contributed by atoms with Crippen LogP contribution in [0.2, 0.25) is 0 Å². The second kappa shape index (κ2) is 7.94. The number of carbonyl (C=O) groups is 1. The first-order chi connectivity index (χ1) is 11.3. The van der Waals surface area contributed by atoms with E-state index in [4.69, 9.17) is 51.4 Å². The van der Waals surface area contributed by atoms with E-state index < -0.39 is 15.9 Å². The number of phenols is 1. The molecule has 2 aromatic rings. The Kier molecular flexibility index (Phi) is 6.17. The summed E-state index contributed by atoms with van der Waals surface area (Å²) in [5.74, 6) is -0.460. The van der Waals surface area contributed by atoms with Crippen molar-refractivity contribution in [3.8, 4) is 5.75 Å². The highest BCUT2D eigenvalue weighted by molar-refractivity contribution is 7.80. The molecule has 0 saturated carbocycles. The standard InChI is InChI=1S/C14H12Cl3N3O3S/c15-14(16,17)12(19-11(22)10-5-2-6-23-10)20-13(24)18-8-3-1-4-9(21)7-8/h1-7,12,21H,(H,19,22)(H2,18,20,24)/t12-/m0/s1. The van der Waals surface area contributed by atoms with Gasteiger partial charge in [0.1, 0.15) is 11.9 Å². The number of aromatic hydroxyl groups is 1. The Hall–Kier alpha value is -1.67. The number of rotatable bonds is 4. The van der Waals surface area contributed by atoms with Gasteiger partial charge in [0.2, 0.25) is 3.79 Å². The molecule has 0 aliphatic rings. The predicted molar refractivity (Wildman–Crippen MR) is 97.7 cm³/mol. The van der Waals surface area contributed by atoms with Gasteiger partial charge in [-0.2, -0.15) is 0 Å². The number of amides is 1. The van der Waals surface area contributed by atoms with Crippen LogP contribution in [0.1, 0.15) is 10.6 Å². The molecular formula is C14H12Cl3N3O3S. The molecule has 0 radical (unpaired) electrons. The number of anilines is 1. The van der Waals surface area contributed by atoms with Crippen LogP contribution in [0.15, 0.2) is 47.1 Å². The molecule has 1 atom stereocenters. The summed E-state index contributed by atoms with van der Waals surface area (Å²) in [6.45, 7) is 0. The highest BCUT2D eigenvalue weighted by Gasteiger charge is 2.35. The zero-order valence-electron chi connectivity index (χ0n) is 11.9. The smallest absolute Gasteiger partial charge is 0.288 e. The molecule has 0 unspecified atom stereocenters. The largest absolute Gasteiger partial charge is 0.508 e. The maximum absolute atomic E-state index is 12.0. The van der Waals surface area contributed by atoms with E-state index in [9.17, 15) is 9.90 Å². The summed E-state index contributed by atoms with van der Waals surface area (Å²) in [6.07, 6.45) is 0.221. The Balaban J connectivity index is 2.03. The molecule has 0 aliphatic heterocycles. The highest BCUT2D eigenvalue weighted by atomic mass is 35.6. The highest BCUT2D eigenvalue weighted by Crippen LogP contribution is 2.29. The van der Waals surface area contributed by atoms with Gasteiger partial charge >= 0.3 is 0 Å². The molecule has 0 saturated heterocycles. The van der Waals surface area contributed by atoms with Gasteiger partial charge in [0.25, 0.3) is 5.91 Å². The van der Waals surface area contributed by atoms with Crippen LogP contribution in [0.25, 0.3) is 0 Å². The Morgan fingerprint density at radius 2 is 1.96 bits per heavy atom. The SMILES string of the molecule is O=C(N[C@@H](NC(=S)Nc1cccc(O)c1)C(Cl)(Cl)Cl)c1ccco1. The minimum Gasteiger partial charge on any atom is -0.508 e. The third kappa shape index (κ3) is 5.45. The molecular weight excluding hydrogens is 397 g/mol. The van der Waals surface area contributed by atoms with Gasteiger partial charge in [-0.05, 0) is 36.5 Å². The average Bonchev–Trinajstić information content (AvgIpc) is 2.99. The Bertz CT molecular complexity index is 720. The lowest BCUT2D eigenvalue weighted by Crippen LogP contribution is -2.56. The lowest BCUT2D eigenvalue weighted by Gasteiger charge is -2.27. The second-order valence-electron chi connectivity index (χ2n) is 4.57. The lowest BCUT2D eigenvalue weighted by molar-refractivity contribution is 0.0906. The van der Waals surface area contributed by atoms with E-state index in [-0.39, 0.29) is 16.6 Å². The van der Waals surface area contributed by atoms with E-state index in [0.29, 0.717) is 5.69 Å². The third-order valence-electron chi connectivity index (χ3n) is 2.73. The maximum atomic E-state index is 12.0. The van der Waals surface area contributed by atoms with Crippen molar-refractivity contribution in [2.24, 2.45) is 0 Å². The summed E-state index contributed by atoms with van der Waals surface area (Å²) in [6, 6.07) is 9.30. The summed E-state index contributed by atoms with van der Waals surface area (Å²) >= 11 is 22.7. The number of furan rings is 1. The molecule has 4 N–H and O–H groups in total. The van der Waals surface area contributed by atoms with Gasteiger partial charge in [0.05, 0.1) is 6.26 Å². The van der Waals surface area contributed by atoms with Crippen LogP contribution in [0.4, 0.5) is 5.69 Å². The summed E-state index contributed by atoms with van der Waals surface area (Å²) < 4.78 is 3.10. The van der Waals surface area contributed by atoms with Crippen LogP contribution in [0, 0.1) is 0 Å². The minimum atomic E-state index is -1.88. The number of phenolic OH excluding ortho intramolecular Hbond substituents is 1. The molecule has 2 rings (SSSR count). The van der Waals surface area contributed by atoms with Crippen molar-refractivity contribution in [2.45, 2.75) is 9.96 Å². The lowest BCUT2D eigenvalue weighted by atomic mass is 10.3. The number of thiocarbonyl (C=S) groups is 1. The first-order valence-corrected chi connectivity index (χ1v) is 8.07. The first-order valence-electron chi connectivity index (χ1n) is 6.53. The van der Waals surface area contributed by atoms with Crippen molar-refractivity contribution >= 4 is 63.7 Å². The average molecular weight is 409 g/mol. The van der Waals surface area contributed by atoms with Gasteiger partial charge in [0.15, 0.2) is 10.9 Å². The Morgan fingerprint density at radius 1 is 1.21 bits per heavy atom. The van der Waals surface area contributed by atoms with Gasteiger partial charge in [-0.15, -0.1) is 0 Å². The van der Waals surface area contributed by atoms with Crippen molar-refractivity contribution in [2.75, 3.05) is 5.32 Å². The summed E-state index contributed by atoms with van der Waals surface area (Å²) in [5.41, 5.74) is 0.521. The van der Waals surface area contributed by atoms with Gasteiger partial charge < -0.3 is 25.5 Å². The molecule has 0 bridgehead atoms. The Labute approximate surface area is 158 Å². The molecule has 0 aliphatic carbocycles. The number of nitrogens with one attached hydrogen (secondary N) is 3. The number of halogens is 3. The molecule has 1 aromatic carbocycles. The molecule has 0 fully saturated rings. The molecule has 6 nitrogen and oxygen atoms in total. The van der Waals surface area contributed by atoms with E-state index in [1.165, 1.54) is 24.5 Å². The molecule has 128 valence electrons. The van der Waals surface area contributed by atoms with E-state index in [1.807, 2.05) is 0 Å². The van der Waals surface area contributed by atoms with Crippen LogP contribution in [0.3, 0.4) is 0 Å². The normalized spacial score (nSPS) is 12.3. The van der Waals surface area contributed by atoms with Gasteiger partial charge in [-0.1, -0.05) is 40.9 Å². The number of hydrogen-bond acceptors (Lipinski definition) is 4. The van der Waals surface area contributed by atoms with Crippen molar-refractivity contribution < 1.29 is 14.3 Å². The molecule has 24 heavy (non-hydrogen) atoms. The van der Waals surface area contributed by atoms with Crippen molar-refractivity contribution in [1.29, 1.82) is 0 Å². The zero-order valence-corrected chi connectivity index (χ0v) is 15.0. The fourth-order valence-corrected chi connectivity index (χ4v) is 2.25. The second-order valence-corrected chi connectivity index (χ2v) is 7.35. The van der Waals surface area contributed by atoms with Gasteiger partial charge in [-0.3, -0.25) is 4.79 Å². The van der Waals surface area contributed by atoms with Crippen molar-refractivity contribution in [3.05, 3.63) is 48.4 Å². The summed E-state index contributed by atoms with van der Waals surface area (Å²) in [5, 5.41) is 17.5. The van der Waals surface area contributed by atoms with Crippen LogP contribution in [-0.2, 0) is 0 Å². The van der Waals surface area contributed by atoms with Crippen LogP contribution >= 0.6 is 47.0 Å². The van der Waals surface area contributed by atoms with Crippen LogP contribution < -0.4 is 16.0 Å². The fraction of sp³-hybridized carbons (Fsp3) is 0.143. The van der Waals surface area contributed by atoms with Crippen LogP contribution in [0.5, 0.6) is 5.75 Å². The topological polar surface area (TPSA) is 86.5 Å². The zero-order chi connectivity index (χ0) is 17.7. The van der Waals surface area contributed by atoms with Gasteiger partial charge in [0, 0.05) is 11.8 Å². The third-order valence-corrected chi connectivity index (χ3v) is 3.60. The molecule has 10 heteroatoms. The van der Waals surface area contributed by atoms with E-state index in [1.54, 1.807) is 18.2 Å². The van der Waals surface area contributed by atoms with Crippen molar-refractivity contribution in [3.63, 3.8) is 0 Å². The summed E-state index contributed by atoms with van der Waals surface area (Å²) in [4.78, 5) is 12.0. The van der Waals surface area contributed by atoms with Crippen LogP contribution in [-0.4, -0.2) is 26.1 Å². The number of benzene rings is 1. The molecule has 1 amide bonds. The maximum Gasteiger partial charge on any atom is 0.288 e. The number of carbonyl (C=O) groups excluding carboxylic acids is 1. The molecule has 0 spiro atoms. The molecule has 1 aromatic heterocycles. The predicted octanol–water partition coefficient (Wildman–Crippen LogP) is 3.40. The van der Waals surface area contributed by atoms with E-state index in [0.717, 1.165) is 0 Å². The fourth-order valence-electron chi connectivity index (χ4n) is 1.69. The monoisotopic (exact) mass is 407 g/mol. The minimum absolute atomic E-state index is 0.0582. The molecule has 1 heterocycles. The quantitative estimate of drug-likeness (QED) is 0.352. The van der Waals surface area contributed by atoms with Crippen molar-refractivity contribution in [1.82, 2.24) is 10.6 Å². The number of alkyl halides is 3. The first kappa shape index (κ1) is 18.7. The van der Waals surface area contributed by atoms with Gasteiger partial charge in [-0.25, -0.2) is 0 Å². The number of hydrogen-bond donors (Lipinski definition) is 4. The van der Waals surface area contributed by atoms with E-state index >= 15 is 0 Å². The van der Waals surface area contributed by atoms with E-state index in [2.05, 4.69) is 16.0 Å². The summed E-state index contributed by atoms with van der Waals surface area (Å²) in [7, 11) is 0.